The predicted octanol–water partition coefficient (Wildman–Crippen LogP) is 5.53. The maximum atomic E-state index is 14.2. The Hall–Kier alpha value is -3.46. The van der Waals surface area contributed by atoms with Gasteiger partial charge in [-0.15, -0.1) is 0 Å². The number of rotatable bonds is 4. The van der Waals surface area contributed by atoms with Crippen molar-refractivity contribution in [2.75, 3.05) is 7.11 Å². The second-order valence-corrected chi connectivity index (χ2v) is 8.61. The lowest BCUT2D eigenvalue weighted by Crippen LogP contribution is -2.41. The molecule has 2 aliphatic rings. The van der Waals surface area contributed by atoms with Gasteiger partial charge in [-0.2, -0.15) is 0 Å². The van der Waals surface area contributed by atoms with Crippen LogP contribution in [0.3, 0.4) is 0 Å². The Morgan fingerprint density at radius 2 is 1.29 bits per heavy atom. The fraction of sp³-hybridized carbons (Fsp3) is 0.214. The number of benzene rings is 3. The molecule has 0 spiro atoms. The Balaban J connectivity index is 1.90. The van der Waals surface area contributed by atoms with Gasteiger partial charge in [0, 0.05) is 5.92 Å². The molecule has 3 heteroatoms. The highest BCUT2D eigenvalue weighted by atomic mass is 16.5. The molecule has 0 radical (unpaired) electrons. The van der Waals surface area contributed by atoms with Crippen LogP contribution in [0.15, 0.2) is 91.0 Å². The molecule has 1 saturated carbocycles. The zero-order chi connectivity index (χ0) is 21.6. The average Bonchev–Trinajstić information content (AvgIpc) is 3.18. The highest BCUT2D eigenvalue weighted by molar-refractivity contribution is 6.32. The highest BCUT2D eigenvalue weighted by Crippen LogP contribution is 2.72. The van der Waals surface area contributed by atoms with Gasteiger partial charge >= 0.3 is 5.97 Å². The largest absolute Gasteiger partial charge is 0.468 e. The van der Waals surface area contributed by atoms with Gasteiger partial charge in [0.2, 0.25) is 0 Å². The van der Waals surface area contributed by atoms with Crippen molar-refractivity contribution >= 4 is 22.9 Å². The van der Waals surface area contributed by atoms with Crippen molar-refractivity contribution in [3.8, 4) is 0 Å². The molecule has 3 nitrogen and oxygen atoms in total. The smallest absolute Gasteiger partial charge is 0.324 e. The van der Waals surface area contributed by atoms with Gasteiger partial charge in [-0.25, -0.2) is 0 Å². The van der Waals surface area contributed by atoms with Crippen LogP contribution in [0.25, 0.3) is 11.1 Å². The molecule has 0 N–H and O–H groups in total. The van der Waals surface area contributed by atoms with E-state index >= 15 is 0 Å². The number of methoxy groups -OCH3 is 1. The summed E-state index contributed by atoms with van der Waals surface area (Å²) in [6.45, 7) is 1.99. The van der Waals surface area contributed by atoms with Gasteiger partial charge in [-0.1, -0.05) is 91.0 Å². The lowest BCUT2D eigenvalue weighted by atomic mass is 9.64. The number of carbonyl (C=O) groups is 2. The van der Waals surface area contributed by atoms with Crippen molar-refractivity contribution in [1.82, 2.24) is 0 Å². The minimum Gasteiger partial charge on any atom is -0.468 e. The molecule has 0 saturated heterocycles. The molecule has 3 aromatic carbocycles. The maximum Gasteiger partial charge on any atom is 0.324 e. The van der Waals surface area contributed by atoms with Crippen LogP contribution in [0.2, 0.25) is 0 Å². The van der Waals surface area contributed by atoms with Crippen molar-refractivity contribution in [2.45, 2.75) is 19.3 Å². The van der Waals surface area contributed by atoms with E-state index in [-0.39, 0.29) is 11.7 Å². The van der Waals surface area contributed by atoms with Crippen LogP contribution in [-0.4, -0.2) is 18.9 Å². The van der Waals surface area contributed by atoms with Crippen LogP contribution < -0.4 is 0 Å². The lowest BCUT2D eigenvalue weighted by Gasteiger charge is -2.36. The van der Waals surface area contributed by atoms with Gasteiger partial charge in [0.15, 0.2) is 11.2 Å². The molecule has 3 aromatic rings. The van der Waals surface area contributed by atoms with Crippen LogP contribution >= 0.6 is 0 Å². The van der Waals surface area contributed by atoms with E-state index in [4.69, 9.17) is 4.74 Å². The molecule has 154 valence electrons. The maximum absolute atomic E-state index is 14.2. The van der Waals surface area contributed by atoms with E-state index < -0.39 is 16.8 Å². The Bertz CT molecular complexity index is 1180. The van der Waals surface area contributed by atoms with Gasteiger partial charge in [0.25, 0.3) is 0 Å². The first-order valence-electron chi connectivity index (χ1n) is 10.6. The summed E-state index contributed by atoms with van der Waals surface area (Å²) in [7, 11) is 1.38. The number of Topliss-reactive ketones (excluding diaryl/α,β-unsaturated/α-hetero) is 1. The van der Waals surface area contributed by atoms with Crippen LogP contribution in [0.5, 0.6) is 0 Å². The molecule has 5 rings (SSSR count). The molecule has 0 heterocycles. The van der Waals surface area contributed by atoms with Crippen LogP contribution in [0, 0.1) is 10.8 Å². The number of carbonyl (C=O) groups excluding carboxylic acids is 2. The van der Waals surface area contributed by atoms with E-state index in [1.54, 1.807) is 0 Å². The Labute approximate surface area is 182 Å². The highest BCUT2D eigenvalue weighted by Gasteiger charge is 2.73. The molecule has 0 amide bonds. The van der Waals surface area contributed by atoms with Gasteiger partial charge in [-0.3, -0.25) is 9.59 Å². The van der Waals surface area contributed by atoms with Crippen LogP contribution in [-0.2, 0) is 14.3 Å². The van der Waals surface area contributed by atoms with E-state index in [1.165, 1.54) is 7.11 Å². The van der Waals surface area contributed by atoms with Gasteiger partial charge in [0.05, 0.1) is 12.5 Å². The Morgan fingerprint density at radius 1 is 0.806 bits per heavy atom. The summed E-state index contributed by atoms with van der Waals surface area (Å²) in [5.41, 5.74) is 2.46. The molecule has 0 aromatic heterocycles. The molecular weight excluding hydrogens is 384 g/mol. The Morgan fingerprint density at radius 3 is 1.81 bits per heavy atom. The van der Waals surface area contributed by atoms with Crippen LogP contribution in [0.4, 0.5) is 0 Å². The summed E-state index contributed by atoms with van der Waals surface area (Å²) in [5, 5.41) is 0. The summed E-state index contributed by atoms with van der Waals surface area (Å²) in [6, 6.07) is 29.7. The first-order chi connectivity index (χ1) is 15.0. The predicted molar refractivity (Wildman–Crippen MR) is 121 cm³/mol. The molecule has 1 fully saturated rings. The third-order valence-corrected chi connectivity index (χ3v) is 7.02. The summed E-state index contributed by atoms with van der Waals surface area (Å²) in [5.74, 6) is -0.806. The first-order valence-corrected chi connectivity index (χ1v) is 10.6. The van der Waals surface area contributed by atoms with Crippen LogP contribution in [0.1, 0.15) is 36.0 Å². The summed E-state index contributed by atoms with van der Waals surface area (Å²) in [4.78, 5) is 27.8. The van der Waals surface area contributed by atoms with E-state index in [0.717, 1.165) is 27.8 Å². The minimum atomic E-state index is -1.36. The van der Waals surface area contributed by atoms with Gasteiger partial charge in [0.1, 0.15) is 0 Å². The SMILES string of the molecule is COC(=O)[C@@]12C(=O)[C@@](C)(C[C@@H]1c1ccccc1)C(c1ccccc1)=C2c1ccccc1. The van der Waals surface area contributed by atoms with Crippen molar-refractivity contribution in [3.05, 3.63) is 108 Å². The monoisotopic (exact) mass is 408 g/mol. The van der Waals surface area contributed by atoms with Gasteiger partial charge < -0.3 is 4.74 Å². The third kappa shape index (κ3) is 2.53. The number of hydrogen-bond acceptors (Lipinski definition) is 3. The summed E-state index contributed by atoms with van der Waals surface area (Å²) >= 11 is 0. The molecule has 2 aliphatic carbocycles. The second kappa shape index (κ2) is 7.05. The quantitative estimate of drug-likeness (QED) is 0.421. The molecule has 31 heavy (non-hydrogen) atoms. The van der Waals surface area contributed by atoms with E-state index in [9.17, 15) is 9.59 Å². The molecule has 0 unspecified atom stereocenters. The van der Waals surface area contributed by atoms with Crippen molar-refractivity contribution in [1.29, 1.82) is 0 Å². The fourth-order valence-electron chi connectivity index (χ4n) is 5.82. The topological polar surface area (TPSA) is 43.4 Å². The minimum absolute atomic E-state index is 0.0570. The standard InChI is InChI=1S/C28H24O3/c1-27-18-22(19-12-6-3-7-13-19)28(25(27)29,26(30)31-2)24(21-16-10-5-11-17-21)23(27)20-14-8-4-9-15-20/h3-17,22H,18H2,1-2H3/t22-,27+,28+/m1/s1. The zero-order valence-electron chi connectivity index (χ0n) is 17.7. The third-order valence-electron chi connectivity index (χ3n) is 7.02. The van der Waals surface area contributed by atoms with Crippen molar-refractivity contribution in [2.24, 2.45) is 10.8 Å². The van der Waals surface area contributed by atoms with Crippen molar-refractivity contribution in [3.63, 3.8) is 0 Å². The molecular formula is C28H24O3. The number of allylic oxidation sites excluding steroid dienone is 1. The average molecular weight is 408 g/mol. The summed E-state index contributed by atoms with van der Waals surface area (Å²) < 4.78 is 5.36. The number of fused-ring (bicyclic) bond motifs is 2. The van der Waals surface area contributed by atoms with Gasteiger partial charge in [-0.05, 0) is 41.2 Å². The molecule has 0 aliphatic heterocycles. The lowest BCUT2D eigenvalue weighted by molar-refractivity contribution is -0.153. The summed E-state index contributed by atoms with van der Waals surface area (Å²) in [6.07, 6.45) is 0.575. The van der Waals surface area contributed by atoms with E-state index in [2.05, 4.69) is 0 Å². The number of ketones is 1. The fourth-order valence-corrected chi connectivity index (χ4v) is 5.82. The second-order valence-electron chi connectivity index (χ2n) is 8.61. The number of ether oxygens (including phenoxy) is 1. The molecule has 3 atom stereocenters. The zero-order valence-corrected chi connectivity index (χ0v) is 17.7. The number of esters is 1. The van der Waals surface area contributed by atoms with Crippen molar-refractivity contribution < 1.29 is 14.3 Å². The normalized spacial score (nSPS) is 26.9. The molecule has 2 bridgehead atoms. The van der Waals surface area contributed by atoms with E-state index in [0.29, 0.717) is 6.42 Å². The Kier molecular flexibility index (Phi) is 4.44. The number of hydrogen-bond donors (Lipinski definition) is 0. The first kappa shape index (κ1) is 19.5. The van der Waals surface area contributed by atoms with E-state index in [1.807, 2.05) is 97.9 Å².